The van der Waals surface area contributed by atoms with Crippen molar-refractivity contribution in [1.82, 2.24) is 4.37 Å². The molecule has 74 valence electrons. The molecule has 0 fully saturated rings. The summed E-state index contributed by atoms with van der Waals surface area (Å²) in [7, 11) is 0. The van der Waals surface area contributed by atoms with Crippen LogP contribution >= 0.6 is 75.3 Å². The Bertz CT molecular complexity index is 474. The van der Waals surface area contributed by atoms with Gasteiger partial charge < -0.3 is 0 Å². The third-order valence-electron chi connectivity index (χ3n) is 1.72. The lowest BCUT2D eigenvalue weighted by molar-refractivity contribution is 1.42. The molecule has 0 saturated heterocycles. The van der Waals surface area contributed by atoms with E-state index < -0.39 is 0 Å². The molecule has 1 nitrogen and oxygen atoms in total. The van der Waals surface area contributed by atoms with Crippen molar-refractivity contribution in [3.63, 3.8) is 0 Å². The summed E-state index contributed by atoms with van der Waals surface area (Å²) in [6, 6.07) is 4.11. The van der Waals surface area contributed by atoms with E-state index in [9.17, 15) is 0 Å². The van der Waals surface area contributed by atoms with Crippen molar-refractivity contribution in [3.05, 3.63) is 28.4 Å². The predicted octanol–water partition coefficient (Wildman–Crippen LogP) is 5.35. The SMILES string of the molecule is Brc1cc(C(Br)(Br)Br)c2sncc2c1. The van der Waals surface area contributed by atoms with Gasteiger partial charge in [-0.25, -0.2) is 0 Å². The molecule has 0 bridgehead atoms. The quantitative estimate of drug-likeness (QED) is 0.479. The molecule has 1 heterocycles. The third kappa shape index (κ3) is 2.24. The Balaban J connectivity index is 2.80. The van der Waals surface area contributed by atoms with Gasteiger partial charge in [-0.2, -0.15) is 4.37 Å². The molecule has 0 unspecified atom stereocenters. The Labute approximate surface area is 119 Å². The van der Waals surface area contributed by atoms with Crippen molar-refractivity contribution >= 4 is 85.3 Å². The molecule has 0 aliphatic carbocycles. The lowest BCUT2D eigenvalue weighted by Crippen LogP contribution is -1.97. The maximum atomic E-state index is 4.17. The van der Waals surface area contributed by atoms with Crippen molar-refractivity contribution in [2.24, 2.45) is 0 Å². The van der Waals surface area contributed by atoms with Crippen molar-refractivity contribution in [2.45, 2.75) is 2.14 Å². The summed E-state index contributed by atoms with van der Waals surface area (Å²) in [5.74, 6) is 0. The molecule has 0 aliphatic rings. The highest BCUT2D eigenvalue weighted by molar-refractivity contribution is 9.38. The van der Waals surface area contributed by atoms with Crippen molar-refractivity contribution in [3.8, 4) is 0 Å². The van der Waals surface area contributed by atoms with Crippen LogP contribution < -0.4 is 0 Å². The van der Waals surface area contributed by atoms with Gasteiger partial charge in [-0.3, -0.25) is 0 Å². The zero-order chi connectivity index (χ0) is 10.3. The first-order valence-electron chi connectivity index (χ1n) is 3.59. The molecule has 0 spiro atoms. The highest BCUT2D eigenvalue weighted by Crippen LogP contribution is 2.48. The number of alkyl halides is 3. The first kappa shape index (κ1) is 11.5. The zero-order valence-electron chi connectivity index (χ0n) is 6.60. The van der Waals surface area contributed by atoms with E-state index in [0.717, 1.165) is 15.4 Å². The van der Waals surface area contributed by atoms with E-state index in [2.05, 4.69) is 80.2 Å². The van der Waals surface area contributed by atoms with Crippen LogP contribution in [0.3, 0.4) is 0 Å². The van der Waals surface area contributed by atoms with E-state index in [4.69, 9.17) is 0 Å². The van der Waals surface area contributed by atoms with Crippen LogP contribution in [0, 0.1) is 0 Å². The molecule has 0 saturated carbocycles. The van der Waals surface area contributed by atoms with Gasteiger partial charge in [0.2, 0.25) is 0 Å². The molecular weight excluding hydrogens is 462 g/mol. The van der Waals surface area contributed by atoms with Gasteiger partial charge in [-0.15, -0.1) is 0 Å². The van der Waals surface area contributed by atoms with Crippen LogP contribution in [0.4, 0.5) is 0 Å². The summed E-state index contributed by atoms with van der Waals surface area (Å²) in [4.78, 5) is 0. The minimum atomic E-state index is -0.387. The first-order valence-corrected chi connectivity index (χ1v) is 7.54. The fourth-order valence-electron chi connectivity index (χ4n) is 1.16. The fourth-order valence-corrected chi connectivity index (χ4v) is 3.77. The van der Waals surface area contributed by atoms with Crippen LogP contribution in [0.15, 0.2) is 22.8 Å². The maximum Gasteiger partial charge on any atom is 0.161 e. The Morgan fingerprint density at radius 1 is 1.21 bits per heavy atom. The molecular formula is C8H3Br4NS. The van der Waals surface area contributed by atoms with E-state index >= 15 is 0 Å². The van der Waals surface area contributed by atoms with Gasteiger partial charge in [0.25, 0.3) is 0 Å². The normalized spacial score (nSPS) is 12.3. The van der Waals surface area contributed by atoms with E-state index in [-0.39, 0.29) is 2.14 Å². The highest BCUT2D eigenvalue weighted by Gasteiger charge is 2.24. The Morgan fingerprint density at radius 3 is 2.57 bits per heavy atom. The van der Waals surface area contributed by atoms with Crippen molar-refractivity contribution < 1.29 is 0 Å². The Hall–Kier alpha value is 1.03. The summed E-state index contributed by atoms with van der Waals surface area (Å²) < 4.78 is 6.00. The van der Waals surface area contributed by atoms with Crippen LogP contribution in [0.1, 0.15) is 5.56 Å². The number of halogens is 4. The van der Waals surface area contributed by atoms with Crippen LogP contribution in [0.2, 0.25) is 0 Å². The molecule has 0 radical (unpaired) electrons. The van der Waals surface area contributed by atoms with Crippen LogP contribution in [-0.4, -0.2) is 4.37 Å². The largest absolute Gasteiger partial charge is 0.200 e. The van der Waals surface area contributed by atoms with Gasteiger partial charge in [0.1, 0.15) is 0 Å². The van der Waals surface area contributed by atoms with Crippen molar-refractivity contribution in [2.75, 3.05) is 0 Å². The maximum absolute atomic E-state index is 4.17. The molecule has 0 aliphatic heterocycles. The molecule has 0 N–H and O–H groups in total. The lowest BCUT2D eigenvalue weighted by Gasteiger charge is -2.13. The van der Waals surface area contributed by atoms with E-state index in [1.165, 1.54) is 16.2 Å². The Kier molecular flexibility index (Phi) is 3.39. The van der Waals surface area contributed by atoms with Crippen molar-refractivity contribution in [1.29, 1.82) is 0 Å². The standard InChI is InChI=1S/C8H3Br4NS/c9-5-1-4-3-13-14-7(4)6(2-5)8(10,11)12/h1-3H. The Morgan fingerprint density at radius 2 is 1.93 bits per heavy atom. The molecule has 0 atom stereocenters. The van der Waals surface area contributed by atoms with Gasteiger partial charge in [0, 0.05) is 21.6 Å². The number of hydrogen-bond acceptors (Lipinski definition) is 2. The average molecular weight is 465 g/mol. The number of fused-ring (bicyclic) bond motifs is 1. The van der Waals surface area contributed by atoms with E-state index in [1.54, 1.807) is 0 Å². The predicted molar refractivity (Wildman–Crippen MR) is 75.8 cm³/mol. The number of nitrogens with zero attached hydrogens (tertiary/aromatic N) is 1. The van der Waals surface area contributed by atoms with Gasteiger partial charge in [-0.1, -0.05) is 63.7 Å². The molecule has 2 rings (SSSR count). The summed E-state index contributed by atoms with van der Waals surface area (Å²) in [5, 5.41) is 1.14. The molecule has 6 heteroatoms. The first-order chi connectivity index (χ1) is 6.48. The highest BCUT2D eigenvalue weighted by atomic mass is 80.0. The second-order valence-corrected chi connectivity index (χ2v) is 11.2. The van der Waals surface area contributed by atoms with Gasteiger partial charge >= 0.3 is 0 Å². The monoisotopic (exact) mass is 461 g/mol. The average Bonchev–Trinajstić information content (AvgIpc) is 2.47. The minimum absolute atomic E-state index is 0.387. The van der Waals surface area contributed by atoms with E-state index in [0.29, 0.717) is 0 Å². The topological polar surface area (TPSA) is 12.9 Å². The van der Waals surface area contributed by atoms with Gasteiger partial charge in [-0.05, 0) is 23.7 Å². The second kappa shape index (κ2) is 4.13. The summed E-state index contributed by atoms with van der Waals surface area (Å²) in [5.41, 5.74) is 1.12. The molecule has 0 amide bonds. The second-order valence-electron chi connectivity index (χ2n) is 2.70. The van der Waals surface area contributed by atoms with Crippen LogP contribution in [0.5, 0.6) is 0 Å². The number of hydrogen-bond donors (Lipinski definition) is 0. The lowest BCUT2D eigenvalue weighted by atomic mass is 10.2. The van der Waals surface area contributed by atoms with Crippen LogP contribution in [0.25, 0.3) is 10.1 Å². The third-order valence-corrected chi connectivity index (χ3v) is 4.31. The zero-order valence-corrected chi connectivity index (χ0v) is 13.8. The van der Waals surface area contributed by atoms with Gasteiger partial charge in [0.05, 0.1) is 4.70 Å². The minimum Gasteiger partial charge on any atom is -0.200 e. The number of rotatable bonds is 0. The van der Waals surface area contributed by atoms with E-state index in [1.807, 2.05) is 6.20 Å². The summed E-state index contributed by atoms with van der Waals surface area (Å²) >= 11 is 15.5. The number of benzene rings is 1. The smallest absolute Gasteiger partial charge is 0.161 e. The molecule has 1 aromatic heterocycles. The molecule has 2 aromatic rings. The van der Waals surface area contributed by atoms with Crippen LogP contribution in [-0.2, 0) is 2.14 Å². The fraction of sp³-hybridized carbons (Fsp3) is 0.125. The molecule has 14 heavy (non-hydrogen) atoms. The summed E-state index contributed by atoms with van der Waals surface area (Å²) in [6.45, 7) is 0. The van der Waals surface area contributed by atoms with Gasteiger partial charge in [0.15, 0.2) is 2.14 Å². The summed E-state index contributed by atoms with van der Waals surface area (Å²) in [6.07, 6.45) is 1.87. The number of aromatic nitrogens is 1. The molecule has 1 aromatic carbocycles.